The fraction of sp³-hybridized carbons (Fsp3) is 0.158. The van der Waals surface area contributed by atoms with Crippen molar-refractivity contribution in [1.29, 1.82) is 0 Å². The zero-order chi connectivity index (χ0) is 20.6. The number of aromatic nitrogens is 2. The van der Waals surface area contributed by atoms with Crippen molar-refractivity contribution in [2.75, 3.05) is 22.7 Å². The van der Waals surface area contributed by atoms with Crippen LogP contribution < -0.4 is 26.2 Å². The second-order valence-electron chi connectivity index (χ2n) is 6.75. The lowest BCUT2D eigenvalue weighted by atomic mass is 10.1. The normalized spacial score (nSPS) is 15.5. The molecule has 0 spiro atoms. The Labute approximate surface area is 169 Å². The summed E-state index contributed by atoms with van der Waals surface area (Å²) in [6.07, 6.45) is 1.66. The Kier molecular flexibility index (Phi) is 4.82. The maximum absolute atomic E-state index is 11.4. The first kappa shape index (κ1) is 19.1. The maximum atomic E-state index is 11.4. The van der Waals surface area contributed by atoms with Crippen molar-refractivity contribution in [2.45, 2.75) is 17.9 Å². The molecule has 1 unspecified atom stereocenters. The van der Waals surface area contributed by atoms with Crippen molar-refractivity contribution in [3.8, 4) is 0 Å². The molecule has 3 aromatic rings. The van der Waals surface area contributed by atoms with Crippen LogP contribution in [0.5, 0.6) is 0 Å². The van der Waals surface area contributed by atoms with Gasteiger partial charge < -0.3 is 15.6 Å². The van der Waals surface area contributed by atoms with Gasteiger partial charge in [-0.05, 0) is 55.0 Å². The molecule has 0 aliphatic carbocycles. The fourth-order valence-electron chi connectivity index (χ4n) is 3.09. The zero-order valence-corrected chi connectivity index (χ0v) is 16.7. The minimum Gasteiger partial charge on any atom is -0.329 e. The van der Waals surface area contributed by atoms with Crippen molar-refractivity contribution in [3.63, 3.8) is 0 Å². The van der Waals surface area contributed by atoms with E-state index < -0.39 is 10.0 Å². The highest BCUT2D eigenvalue weighted by Crippen LogP contribution is 2.33. The van der Waals surface area contributed by atoms with Gasteiger partial charge in [-0.15, -0.1) is 0 Å². The smallest absolute Gasteiger partial charge is 0.238 e. The largest absolute Gasteiger partial charge is 0.329 e. The molecule has 0 saturated carbocycles. The summed E-state index contributed by atoms with van der Waals surface area (Å²) in [5.74, 6) is 1.11. The van der Waals surface area contributed by atoms with Gasteiger partial charge in [-0.2, -0.15) is 4.98 Å². The van der Waals surface area contributed by atoms with Crippen LogP contribution in [0.3, 0.4) is 0 Å². The van der Waals surface area contributed by atoms with Crippen LogP contribution in [0.2, 0.25) is 0 Å². The van der Waals surface area contributed by atoms with Crippen LogP contribution in [-0.2, 0) is 10.0 Å². The Morgan fingerprint density at radius 2 is 1.90 bits per heavy atom. The second-order valence-corrected chi connectivity index (χ2v) is 8.32. The minimum atomic E-state index is -3.72. The molecule has 0 radical (unpaired) electrons. The number of hydrazine groups is 1. The van der Waals surface area contributed by atoms with E-state index >= 15 is 0 Å². The van der Waals surface area contributed by atoms with Crippen LogP contribution in [-0.4, -0.2) is 25.4 Å². The lowest BCUT2D eigenvalue weighted by Gasteiger charge is -2.19. The van der Waals surface area contributed by atoms with Gasteiger partial charge in [-0.25, -0.2) is 24.0 Å². The molecule has 2 aromatic carbocycles. The molecule has 150 valence electrons. The molecule has 1 aliphatic heterocycles. The predicted octanol–water partition coefficient (Wildman–Crippen LogP) is 2.63. The van der Waals surface area contributed by atoms with E-state index in [1.807, 2.05) is 24.1 Å². The highest BCUT2D eigenvalue weighted by atomic mass is 32.2. The molecule has 29 heavy (non-hydrogen) atoms. The third-order valence-electron chi connectivity index (χ3n) is 4.74. The van der Waals surface area contributed by atoms with Crippen LogP contribution >= 0.6 is 0 Å². The highest BCUT2D eigenvalue weighted by molar-refractivity contribution is 7.89. The molecule has 1 atom stereocenters. The number of hydrogen-bond donors (Lipinski definition) is 4. The van der Waals surface area contributed by atoms with Gasteiger partial charge in [0.2, 0.25) is 16.0 Å². The van der Waals surface area contributed by atoms with Gasteiger partial charge in [-0.1, -0.05) is 6.07 Å². The van der Waals surface area contributed by atoms with E-state index in [1.54, 1.807) is 18.3 Å². The Morgan fingerprint density at radius 1 is 1.14 bits per heavy atom. The first-order chi connectivity index (χ1) is 13.8. The fourth-order valence-corrected chi connectivity index (χ4v) is 3.60. The number of rotatable bonds is 5. The molecule has 0 amide bonds. The molecular formula is C19H21N7O2S. The third kappa shape index (κ3) is 3.99. The molecule has 0 bridgehead atoms. The van der Waals surface area contributed by atoms with E-state index in [4.69, 9.17) is 5.14 Å². The van der Waals surface area contributed by atoms with Gasteiger partial charge in [-0.3, -0.25) is 0 Å². The van der Waals surface area contributed by atoms with Gasteiger partial charge in [0.1, 0.15) is 5.82 Å². The lowest BCUT2D eigenvalue weighted by Crippen LogP contribution is -2.15. The van der Waals surface area contributed by atoms with Crippen LogP contribution in [0.4, 0.5) is 28.8 Å². The number of nitrogens with one attached hydrogen (secondary N) is 3. The Bertz CT molecular complexity index is 1150. The molecule has 9 nitrogen and oxygen atoms in total. The van der Waals surface area contributed by atoms with Crippen LogP contribution in [0, 0.1) is 0 Å². The lowest BCUT2D eigenvalue weighted by molar-refractivity contribution is 0.598. The summed E-state index contributed by atoms with van der Waals surface area (Å²) in [7, 11) is -1.79. The average molecular weight is 411 g/mol. The van der Waals surface area contributed by atoms with Gasteiger partial charge >= 0.3 is 0 Å². The molecular weight excluding hydrogens is 390 g/mol. The number of hydrogen-bond acceptors (Lipinski definition) is 8. The van der Waals surface area contributed by atoms with E-state index in [9.17, 15) is 8.42 Å². The van der Waals surface area contributed by atoms with E-state index in [2.05, 4.69) is 45.2 Å². The molecule has 0 saturated heterocycles. The topological polar surface area (TPSA) is 125 Å². The molecule has 1 aliphatic rings. The van der Waals surface area contributed by atoms with Gasteiger partial charge in [0.25, 0.3) is 0 Å². The molecule has 5 N–H and O–H groups in total. The standard InChI is InChI=1S/C19H21N7O2S/c1-12-16-8-5-14(11-17(16)25-24-12)26(2)18-9-10-21-19(23-18)22-13-3-6-15(7-4-13)29(20,27)28/h3-12,24-25H,1-2H3,(H2,20,27,28)(H,21,22,23). The minimum absolute atomic E-state index is 0.0477. The molecule has 4 rings (SSSR count). The predicted molar refractivity (Wildman–Crippen MR) is 113 cm³/mol. The summed E-state index contributed by atoms with van der Waals surface area (Å²) >= 11 is 0. The number of primary sulfonamides is 1. The van der Waals surface area contributed by atoms with Gasteiger partial charge in [0, 0.05) is 24.6 Å². The van der Waals surface area contributed by atoms with E-state index in [0.29, 0.717) is 17.5 Å². The summed E-state index contributed by atoms with van der Waals surface area (Å²) < 4.78 is 22.7. The number of sulfonamides is 1. The average Bonchev–Trinajstić information content (AvgIpc) is 3.07. The second kappa shape index (κ2) is 7.32. The number of nitrogens with zero attached hydrogens (tertiary/aromatic N) is 3. The number of benzene rings is 2. The van der Waals surface area contributed by atoms with E-state index in [0.717, 1.165) is 11.4 Å². The first-order valence-electron chi connectivity index (χ1n) is 8.93. The van der Waals surface area contributed by atoms with Crippen molar-refractivity contribution in [2.24, 2.45) is 5.14 Å². The van der Waals surface area contributed by atoms with E-state index in [-0.39, 0.29) is 10.9 Å². The van der Waals surface area contributed by atoms with Crippen molar-refractivity contribution in [3.05, 3.63) is 60.3 Å². The summed E-state index contributed by atoms with van der Waals surface area (Å²) in [4.78, 5) is 10.8. The van der Waals surface area contributed by atoms with Crippen molar-refractivity contribution < 1.29 is 8.42 Å². The molecule has 1 aromatic heterocycles. The number of fused-ring (bicyclic) bond motifs is 1. The summed E-state index contributed by atoms with van der Waals surface area (Å²) in [5, 5.41) is 8.19. The van der Waals surface area contributed by atoms with Gasteiger partial charge in [0.05, 0.1) is 16.6 Å². The highest BCUT2D eigenvalue weighted by Gasteiger charge is 2.18. The maximum Gasteiger partial charge on any atom is 0.238 e. The van der Waals surface area contributed by atoms with E-state index in [1.165, 1.54) is 17.7 Å². The van der Waals surface area contributed by atoms with Gasteiger partial charge in [0.15, 0.2) is 0 Å². The number of nitrogens with two attached hydrogens (primary N) is 1. The summed E-state index contributed by atoms with van der Waals surface area (Å²) in [5.41, 5.74) is 10.3. The monoisotopic (exact) mass is 411 g/mol. The zero-order valence-electron chi connectivity index (χ0n) is 15.9. The summed E-state index contributed by atoms with van der Waals surface area (Å²) in [6.45, 7) is 2.10. The molecule has 10 heteroatoms. The molecule has 2 heterocycles. The SMILES string of the molecule is CC1NNc2cc(N(C)c3ccnc(Nc4ccc(S(N)(=O)=O)cc4)n3)ccc21. The number of anilines is 5. The quantitative estimate of drug-likeness (QED) is 0.505. The van der Waals surface area contributed by atoms with Crippen molar-refractivity contribution in [1.82, 2.24) is 15.4 Å². The summed E-state index contributed by atoms with van der Waals surface area (Å²) in [6, 6.07) is 14.4. The van der Waals surface area contributed by atoms with Crippen molar-refractivity contribution >= 4 is 38.9 Å². The Hall–Kier alpha value is -3.21. The van der Waals surface area contributed by atoms with Crippen LogP contribution in [0.15, 0.2) is 59.6 Å². The molecule has 0 fully saturated rings. The first-order valence-corrected chi connectivity index (χ1v) is 10.5. The third-order valence-corrected chi connectivity index (χ3v) is 5.67. The van der Waals surface area contributed by atoms with Crippen LogP contribution in [0.1, 0.15) is 18.5 Å². The Balaban J connectivity index is 1.54. The van der Waals surface area contributed by atoms with Crippen LogP contribution in [0.25, 0.3) is 0 Å². The Morgan fingerprint density at radius 3 is 2.62 bits per heavy atom.